The third kappa shape index (κ3) is 3.94. The molecule has 2 heterocycles. The molecule has 1 saturated heterocycles. The predicted molar refractivity (Wildman–Crippen MR) is 96.6 cm³/mol. The lowest BCUT2D eigenvalue weighted by Gasteiger charge is -2.21. The van der Waals surface area contributed by atoms with Crippen LogP contribution in [0, 0.1) is 0 Å². The van der Waals surface area contributed by atoms with Gasteiger partial charge >= 0.3 is 0 Å². The largest absolute Gasteiger partial charge is 0.339 e. The van der Waals surface area contributed by atoms with Crippen LogP contribution in [0.2, 0.25) is 0 Å². The molecule has 0 N–H and O–H groups in total. The van der Waals surface area contributed by atoms with Crippen LogP contribution in [0.3, 0.4) is 0 Å². The van der Waals surface area contributed by atoms with Gasteiger partial charge in [-0.05, 0) is 30.7 Å². The van der Waals surface area contributed by atoms with E-state index in [0.29, 0.717) is 31.6 Å². The van der Waals surface area contributed by atoms with E-state index in [9.17, 15) is 13.2 Å². The molecule has 1 fully saturated rings. The number of imidazole rings is 1. The molecule has 1 aromatic heterocycles. The van der Waals surface area contributed by atoms with Gasteiger partial charge in [-0.1, -0.05) is 15.9 Å². The van der Waals surface area contributed by atoms with Gasteiger partial charge in [-0.25, -0.2) is 13.4 Å². The Balaban J connectivity index is 1.72. The van der Waals surface area contributed by atoms with Crippen molar-refractivity contribution in [3.8, 4) is 0 Å². The molecule has 1 amide bonds. The number of carbonyl (C=O) groups excluding carboxylic acids is 1. The number of nitrogens with zero attached hydrogens (tertiary/aromatic N) is 4. The van der Waals surface area contributed by atoms with Crippen molar-refractivity contribution in [2.24, 2.45) is 7.05 Å². The summed E-state index contributed by atoms with van der Waals surface area (Å²) in [7, 11) is -1.90. The van der Waals surface area contributed by atoms with Crippen LogP contribution >= 0.6 is 15.9 Å². The molecule has 0 saturated carbocycles. The van der Waals surface area contributed by atoms with Crippen molar-refractivity contribution in [2.75, 3.05) is 26.2 Å². The highest BCUT2D eigenvalue weighted by atomic mass is 79.9. The number of aryl methyl sites for hydroxylation is 1. The summed E-state index contributed by atoms with van der Waals surface area (Å²) in [6, 6.07) is 7.17. The predicted octanol–water partition coefficient (Wildman–Crippen LogP) is 1.72. The fourth-order valence-corrected chi connectivity index (χ4v) is 4.47. The molecule has 0 radical (unpaired) electrons. The molecular formula is C16H19BrN4O3S. The van der Waals surface area contributed by atoms with Crippen LogP contribution in [0.1, 0.15) is 16.8 Å². The number of aromatic nitrogens is 2. The van der Waals surface area contributed by atoms with E-state index in [4.69, 9.17) is 0 Å². The van der Waals surface area contributed by atoms with Crippen LogP contribution in [-0.2, 0) is 17.1 Å². The Bertz CT molecular complexity index is 864. The van der Waals surface area contributed by atoms with E-state index in [2.05, 4.69) is 20.9 Å². The molecule has 0 unspecified atom stereocenters. The lowest BCUT2D eigenvalue weighted by molar-refractivity contribution is 0.0764. The van der Waals surface area contributed by atoms with Crippen LogP contribution in [0.15, 0.2) is 46.3 Å². The van der Waals surface area contributed by atoms with Gasteiger partial charge in [-0.2, -0.15) is 4.31 Å². The summed E-state index contributed by atoms with van der Waals surface area (Å²) in [4.78, 5) is 18.3. The third-order valence-electron chi connectivity index (χ3n) is 4.12. The number of sulfonamides is 1. The summed E-state index contributed by atoms with van der Waals surface area (Å²) < 4.78 is 29.3. The maximum absolute atomic E-state index is 12.7. The Morgan fingerprint density at radius 3 is 2.48 bits per heavy atom. The van der Waals surface area contributed by atoms with Gasteiger partial charge in [0, 0.05) is 49.5 Å². The first-order valence-corrected chi connectivity index (χ1v) is 10.1. The zero-order valence-electron chi connectivity index (χ0n) is 13.8. The molecule has 0 spiro atoms. The minimum Gasteiger partial charge on any atom is -0.339 e. The second-order valence-corrected chi connectivity index (χ2v) is 8.73. The number of amides is 1. The van der Waals surface area contributed by atoms with Crippen molar-refractivity contribution in [3.05, 3.63) is 46.8 Å². The van der Waals surface area contributed by atoms with Crippen LogP contribution in [-0.4, -0.2) is 59.3 Å². The number of carbonyl (C=O) groups is 1. The van der Waals surface area contributed by atoms with Crippen molar-refractivity contribution in [2.45, 2.75) is 11.4 Å². The zero-order valence-corrected chi connectivity index (χ0v) is 16.2. The highest BCUT2D eigenvalue weighted by Gasteiger charge is 2.30. The van der Waals surface area contributed by atoms with E-state index >= 15 is 0 Å². The van der Waals surface area contributed by atoms with E-state index in [0.717, 1.165) is 4.47 Å². The second-order valence-electron chi connectivity index (χ2n) is 5.93. The van der Waals surface area contributed by atoms with Gasteiger partial charge in [0.15, 0.2) is 5.03 Å². The molecular weight excluding hydrogens is 408 g/mol. The molecule has 9 heteroatoms. The normalized spacial score (nSPS) is 16.6. The maximum atomic E-state index is 12.7. The standard InChI is InChI=1S/C16H19BrN4O3S/c1-19-11-15(18-12-19)25(23,24)21-8-2-7-20(9-10-21)16(22)13-3-5-14(17)6-4-13/h3-6,11-12H,2,7-10H2,1H3. The Hall–Kier alpha value is -1.71. The third-order valence-corrected chi connectivity index (χ3v) is 6.43. The van der Waals surface area contributed by atoms with Gasteiger partial charge in [0.1, 0.15) is 0 Å². The number of hydrogen-bond donors (Lipinski definition) is 0. The number of hydrogen-bond acceptors (Lipinski definition) is 4. The molecule has 25 heavy (non-hydrogen) atoms. The molecule has 0 bridgehead atoms. The zero-order chi connectivity index (χ0) is 18.0. The molecule has 1 aromatic carbocycles. The van der Waals surface area contributed by atoms with Crippen LogP contribution in [0.4, 0.5) is 0 Å². The number of benzene rings is 1. The molecule has 0 atom stereocenters. The molecule has 1 aliphatic heterocycles. The summed E-state index contributed by atoms with van der Waals surface area (Å²) >= 11 is 3.35. The van der Waals surface area contributed by atoms with Gasteiger partial charge in [-0.3, -0.25) is 4.79 Å². The van der Waals surface area contributed by atoms with Gasteiger partial charge < -0.3 is 9.47 Å². The van der Waals surface area contributed by atoms with E-state index < -0.39 is 10.0 Å². The minimum atomic E-state index is -3.63. The SMILES string of the molecule is Cn1cnc(S(=O)(=O)N2CCCN(C(=O)c3ccc(Br)cc3)CC2)c1. The summed E-state index contributed by atoms with van der Waals surface area (Å²) in [6.45, 7) is 1.54. The lowest BCUT2D eigenvalue weighted by atomic mass is 10.2. The van der Waals surface area contributed by atoms with Gasteiger partial charge in [0.25, 0.3) is 15.9 Å². The van der Waals surface area contributed by atoms with Gasteiger partial charge in [0.2, 0.25) is 0 Å². The molecule has 7 nitrogen and oxygen atoms in total. The van der Waals surface area contributed by atoms with Crippen LogP contribution in [0.5, 0.6) is 0 Å². The minimum absolute atomic E-state index is 0.0442. The average Bonchev–Trinajstić information content (AvgIpc) is 2.88. The summed E-state index contributed by atoms with van der Waals surface area (Å²) in [5, 5.41) is 0.0442. The Kier molecular flexibility index (Phi) is 5.26. The Labute approximate surface area is 155 Å². The van der Waals surface area contributed by atoms with Crippen molar-refractivity contribution < 1.29 is 13.2 Å². The fraction of sp³-hybridized carbons (Fsp3) is 0.375. The fourth-order valence-electron chi connectivity index (χ4n) is 2.77. The van der Waals surface area contributed by atoms with E-state index in [1.165, 1.54) is 16.8 Å². The van der Waals surface area contributed by atoms with Crippen LogP contribution in [0.25, 0.3) is 0 Å². The van der Waals surface area contributed by atoms with E-state index in [-0.39, 0.29) is 17.5 Å². The topological polar surface area (TPSA) is 75.5 Å². The number of rotatable bonds is 3. The first kappa shape index (κ1) is 18.1. The lowest BCUT2D eigenvalue weighted by Crippen LogP contribution is -2.37. The van der Waals surface area contributed by atoms with E-state index in [1.54, 1.807) is 28.6 Å². The summed E-state index contributed by atoms with van der Waals surface area (Å²) in [5.41, 5.74) is 0.601. The summed E-state index contributed by atoms with van der Waals surface area (Å²) in [5.74, 6) is -0.0791. The average molecular weight is 427 g/mol. The first-order valence-electron chi connectivity index (χ1n) is 7.91. The van der Waals surface area contributed by atoms with Gasteiger partial charge in [0.05, 0.1) is 6.33 Å². The number of halogens is 1. The van der Waals surface area contributed by atoms with Crippen molar-refractivity contribution in [1.82, 2.24) is 18.8 Å². The Morgan fingerprint density at radius 2 is 1.84 bits per heavy atom. The first-order chi connectivity index (χ1) is 11.9. The second kappa shape index (κ2) is 7.27. The Morgan fingerprint density at radius 1 is 1.12 bits per heavy atom. The molecule has 0 aliphatic carbocycles. The highest BCUT2D eigenvalue weighted by molar-refractivity contribution is 9.10. The maximum Gasteiger partial charge on any atom is 0.262 e. The smallest absolute Gasteiger partial charge is 0.262 e. The monoisotopic (exact) mass is 426 g/mol. The quantitative estimate of drug-likeness (QED) is 0.748. The highest BCUT2D eigenvalue weighted by Crippen LogP contribution is 2.18. The molecule has 2 aromatic rings. The molecule has 3 rings (SSSR count). The molecule has 134 valence electrons. The van der Waals surface area contributed by atoms with E-state index in [1.807, 2.05) is 12.1 Å². The summed E-state index contributed by atoms with van der Waals surface area (Å²) in [6.07, 6.45) is 3.55. The van der Waals surface area contributed by atoms with Gasteiger partial charge in [-0.15, -0.1) is 0 Å². The van der Waals surface area contributed by atoms with Crippen LogP contribution < -0.4 is 0 Å². The van der Waals surface area contributed by atoms with Crippen molar-refractivity contribution in [1.29, 1.82) is 0 Å². The molecule has 1 aliphatic rings. The van der Waals surface area contributed by atoms with Crippen molar-refractivity contribution in [3.63, 3.8) is 0 Å². The van der Waals surface area contributed by atoms with Crippen molar-refractivity contribution >= 4 is 31.9 Å².